The summed E-state index contributed by atoms with van der Waals surface area (Å²) in [5, 5.41) is 10.9. The van der Waals surface area contributed by atoms with Crippen molar-refractivity contribution in [2.45, 2.75) is 20.4 Å². The number of para-hydroxylation sites is 1. The second kappa shape index (κ2) is 12.1. The molecule has 7 nitrogen and oxygen atoms in total. The third-order valence-corrected chi connectivity index (χ3v) is 4.22. The number of aliphatic imine (C=N–C) groups is 1. The fraction of sp³-hybridized carbons (Fsp3) is 0.273. The summed E-state index contributed by atoms with van der Waals surface area (Å²) < 4.78 is 12.9. The van der Waals surface area contributed by atoms with Gasteiger partial charge in [0, 0.05) is 30.7 Å². The summed E-state index contributed by atoms with van der Waals surface area (Å²) in [4.78, 5) is 4.75. The second-order valence-electron chi connectivity index (χ2n) is 6.20. The minimum absolute atomic E-state index is 0. The first-order valence-corrected chi connectivity index (χ1v) is 9.69. The van der Waals surface area contributed by atoms with Gasteiger partial charge in [-0.2, -0.15) is 5.10 Å². The molecule has 160 valence electrons. The molecule has 1 heterocycles. The van der Waals surface area contributed by atoms with Gasteiger partial charge in [-0.1, -0.05) is 18.2 Å². The first-order chi connectivity index (χ1) is 14.2. The highest BCUT2D eigenvalue weighted by atomic mass is 127. The highest BCUT2D eigenvalue weighted by molar-refractivity contribution is 14.0. The summed E-state index contributed by atoms with van der Waals surface area (Å²) in [5.41, 5.74) is 2.96. The zero-order valence-electron chi connectivity index (χ0n) is 17.5. The maximum Gasteiger partial charge on any atom is 0.196 e. The number of benzene rings is 2. The Hall–Kier alpha value is -2.75. The fourth-order valence-corrected chi connectivity index (χ4v) is 2.91. The van der Waals surface area contributed by atoms with Crippen molar-refractivity contribution in [3.8, 4) is 17.2 Å². The van der Waals surface area contributed by atoms with Crippen LogP contribution in [0.15, 0.2) is 65.9 Å². The number of anilines is 1. The van der Waals surface area contributed by atoms with Crippen molar-refractivity contribution in [3.63, 3.8) is 0 Å². The summed E-state index contributed by atoms with van der Waals surface area (Å²) in [6.07, 6.45) is 3.70. The first-order valence-electron chi connectivity index (χ1n) is 9.69. The third-order valence-electron chi connectivity index (χ3n) is 4.22. The van der Waals surface area contributed by atoms with E-state index in [2.05, 4.69) is 21.8 Å². The van der Waals surface area contributed by atoms with Gasteiger partial charge in [-0.3, -0.25) is 0 Å². The van der Waals surface area contributed by atoms with Crippen LogP contribution in [0.4, 0.5) is 5.69 Å². The number of ether oxygens (including phenoxy) is 2. The highest BCUT2D eigenvalue weighted by Gasteiger charge is 2.08. The Balaban J connectivity index is 0.00000320. The zero-order valence-corrected chi connectivity index (χ0v) is 19.8. The number of nitrogens with zero attached hydrogens (tertiary/aromatic N) is 3. The Bertz CT molecular complexity index is 944. The molecule has 0 bridgehead atoms. The van der Waals surface area contributed by atoms with Crippen molar-refractivity contribution in [2.75, 3.05) is 25.6 Å². The highest BCUT2D eigenvalue weighted by Crippen LogP contribution is 2.30. The van der Waals surface area contributed by atoms with Gasteiger partial charge in [0.2, 0.25) is 0 Å². The normalized spacial score (nSPS) is 10.8. The van der Waals surface area contributed by atoms with E-state index in [1.807, 2.05) is 67.2 Å². The number of guanidine groups is 1. The van der Waals surface area contributed by atoms with Gasteiger partial charge in [0.05, 0.1) is 25.9 Å². The van der Waals surface area contributed by atoms with Gasteiger partial charge in [0.1, 0.15) is 0 Å². The van der Waals surface area contributed by atoms with Crippen LogP contribution < -0.4 is 20.1 Å². The largest absolute Gasteiger partial charge is 0.493 e. The number of hydrogen-bond donors (Lipinski definition) is 2. The monoisotopic (exact) mass is 521 g/mol. The lowest BCUT2D eigenvalue weighted by Crippen LogP contribution is -2.30. The molecule has 30 heavy (non-hydrogen) atoms. The molecule has 3 aromatic rings. The molecule has 0 radical (unpaired) electrons. The van der Waals surface area contributed by atoms with E-state index in [0.29, 0.717) is 24.9 Å². The van der Waals surface area contributed by atoms with E-state index < -0.39 is 0 Å². The van der Waals surface area contributed by atoms with Gasteiger partial charge in [0.15, 0.2) is 17.5 Å². The Labute approximate surface area is 194 Å². The van der Waals surface area contributed by atoms with Crippen LogP contribution in [0.25, 0.3) is 5.69 Å². The predicted octanol–water partition coefficient (Wildman–Crippen LogP) is 4.48. The van der Waals surface area contributed by atoms with Crippen molar-refractivity contribution < 1.29 is 9.47 Å². The van der Waals surface area contributed by atoms with Gasteiger partial charge < -0.3 is 20.1 Å². The minimum atomic E-state index is 0. The van der Waals surface area contributed by atoms with Gasteiger partial charge in [-0.15, -0.1) is 24.0 Å². The van der Waals surface area contributed by atoms with Gasteiger partial charge in [-0.25, -0.2) is 9.67 Å². The Kier molecular flexibility index (Phi) is 9.46. The van der Waals surface area contributed by atoms with Crippen LogP contribution in [-0.4, -0.2) is 36.0 Å². The second-order valence-corrected chi connectivity index (χ2v) is 6.20. The molecule has 8 heteroatoms. The van der Waals surface area contributed by atoms with E-state index in [0.717, 1.165) is 29.2 Å². The number of rotatable bonds is 8. The molecule has 0 amide bonds. The molecule has 0 saturated heterocycles. The fourth-order valence-electron chi connectivity index (χ4n) is 2.91. The maximum absolute atomic E-state index is 5.58. The van der Waals surface area contributed by atoms with E-state index in [4.69, 9.17) is 14.5 Å². The molecule has 0 unspecified atom stereocenters. The van der Waals surface area contributed by atoms with Gasteiger partial charge in [0.25, 0.3) is 0 Å². The summed E-state index contributed by atoms with van der Waals surface area (Å²) >= 11 is 0. The van der Waals surface area contributed by atoms with E-state index >= 15 is 0 Å². The average Bonchev–Trinajstić information content (AvgIpc) is 3.28. The van der Waals surface area contributed by atoms with Crippen LogP contribution in [0.2, 0.25) is 0 Å². The average molecular weight is 521 g/mol. The lowest BCUT2D eigenvalue weighted by atomic mass is 10.2. The Morgan fingerprint density at radius 2 is 1.93 bits per heavy atom. The molecule has 1 aromatic heterocycles. The number of methoxy groups -OCH3 is 1. The molecule has 0 saturated carbocycles. The number of hydrogen-bond acceptors (Lipinski definition) is 4. The molecule has 0 aliphatic carbocycles. The Morgan fingerprint density at radius 3 is 2.63 bits per heavy atom. The standard InChI is InChI=1S/C22H27N5O2.HI/c1-4-23-22(26-18-11-12-20(29-5-2)21(15-18)28-3)24-16-17-9-6-7-10-19(17)27-14-8-13-25-27;/h6-15H,4-5,16H2,1-3H3,(H2,23,24,26);1H. The van der Waals surface area contributed by atoms with E-state index in [-0.39, 0.29) is 24.0 Å². The Morgan fingerprint density at radius 1 is 1.10 bits per heavy atom. The summed E-state index contributed by atoms with van der Waals surface area (Å²) in [6, 6.07) is 15.7. The van der Waals surface area contributed by atoms with Crippen LogP contribution in [0.3, 0.4) is 0 Å². The molecule has 0 aliphatic heterocycles. The lowest BCUT2D eigenvalue weighted by Gasteiger charge is -2.15. The molecule has 0 spiro atoms. The molecular formula is C22H28IN5O2. The number of halogens is 1. The van der Waals surface area contributed by atoms with Crippen molar-refractivity contribution in [1.29, 1.82) is 0 Å². The van der Waals surface area contributed by atoms with Crippen LogP contribution in [0.1, 0.15) is 19.4 Å². The minimum Gasteiger partial charge on any atom is -0.493 e. The molecular weight excluding hydrogens is 493 g/mol. The smallest absolute Gasteiger partial charge is 0.196 e. The van der Waals surface area contributed by atoms with Crippen LogP contribution in [-0.2, 0) is 6.54 Å². The van der Waals surface area contributed by atoms with Crippen molar-refractivity contribution in [1.82, 2.24) is 15.1 Å². The van der Waals surface area contributed by atoms with Crippen LogP contribution in [0.5, 0.6) is 11.5 Å². The third kappa shape index (κ3) is 6.12. The zero-order chi connectivity index (χ0) is 20.5. The molecule has 0 fully saturated rings. The summed E-state index contributed by atoms with van der Waals surface area (Å²) in [6.45, 7) is 5.83. The SMILES string of the molecule is CCNC(=NCc1ccccc1-n1cccn1)Nc1ccc(OCC)c(OC)c1.I. The maximum atomic E-state index is 5.58. The topological polar surface area (TPSA) is 72.7 Å². The lowest BCUT2D eigenvalue weighted by molar-refractivity contribution is 0.311. The van der Waals surface area contributed by atoms with Crippen molar-refractivity contribution >= 4 is 35.6 Å². The number of nitrogens with one attached hydrogen (secondary N) is 2. The quantitative estimate of drug-likeness (QED) is 0.260. The van der Waals surface area contributed by atoms with E-state index in [1.54, 1.807) is 13.3 Å². The molecule has 0 atom stereocenters. The molecule has 2 N–H and O–H groups in total. The van der Waals surface area contributed by atoms with Crippen molar-refractivity contribution in [2.24, 2.45) is 4.99 Å². The molecule has 0 aliphatic rings. The molecule has 3 rings (SSSR count). The molecule has 2 aromatic carbocycles. The summed E-state index contributed by atoms with van der Waals surface area (Å²) in [5.74, 6) is 2.08. The van der Waals surface area contributed by atoms with Crippen molar-refractivity contribution in [3.05, 3.63) is 66.5 Å². The number of aromatic nitrogens is 2. The van der Waals surface area contributed by atoms with Crippen LogP contribution in [0, 0.1) is 0 Å². The van der Waals surface area contributed by atoms with E-state index in [9.17, 15) is 0 Å². The first kappa shape index (κ1) is 23.5. The van der Waals surface area contributed by atoms with Crippen LogP contribution >= 0.6 is 24.0 Å². The summed E-state index contributed by atoms with van der Waals surface area (Å²) in [7, 11) is 1.63. The van der Waals surface area contributed by atoms with E-state index in [1.165, 1.54) is 0 Å². The van der Waals surface area contributed by atoms with Gasteiger partial charge >= 0.3 is 0 Å². The van der Waals surface area contributed by atoms with Gasteiger partial charge in [-0.05, 0) is 43.7 Å². The predicted molar refractivity (Wildman–Crippen MR) is 132 cm³/mol.